The van der Waals surface area contributed by atoms with Crippen molar-refractivity contribution >= 4 is 21.6 Å². The average molecular weight is 354 g/mol. The first-order valence-electron chi connectivity index (χ1n) is 8.18. The summed E-state index contributed by atoms with van der Waals surface area (Å²) in [5.74, 6) is 0.828. The summed E-state index contributed by atoms with van der Waals surface area (Å²) in [5, 5.41) is 2.86. The Morgan fingerprint density at radius 3 is 2.79 bits per heavy atom. The van der Waals surface area contributed by atoms with Crippen LogP contribution in [0.25, 0.3) is 0 Å². The Morgan fingerprint density at radius 2 is 2.04 bits per heavy atom. The van der Waals surface area contributed by atoms with Gasteiger partial charge in [-0.2, -0.15) is 0 Å². The molecule has 0 aliphatic carbocycles. The topological polar surface area (TPSA) is 84.9 Å². The number of hydrogen-bond acceptors (Lipinski definition) is 5. The normalized spacial score (nSPS) is 21.3. The highest BCUT2D eigenvalue weighted by atomic mass is 32.2. The van der Waals surface area contributed by atoms with Gasteiger partial charge in [0.15, 0.2) is 11.5 Å². The summed E-state index contributed by atoms with van der Waals surface area (Å²) in [5.41, 5.74) is 0.625. The number of nitrogens with one attached hydrogen (secondary N) is 1. The molecule has 1 fully saturated rings. The molecule has 24 heavy (non-hydrogen) atoms. The number of carbonyl (C=O) groups is 1. The maximum Gasteiger partial charge on any atom is 0.228 e. The van der Waals surface area contributed by atoms with Crippen molar-refractivity contribution in [2.24, 2.45) is 5.92 Å². The summed E-state index contributed by atoms with van der Waals surface area (Å²) in [6.45, 7) is 3.35. The van der Waals surface area contributed by atoms with Crippen molar-refractivity contribution < 1.29 is 22.7 Å². The molecular formula is C16H22N2O5S. The predicted octanol–water partition coefficient (Wildman–Crippen LogP) is 1.46. The van der Waals surface area contributed by atoms with Crippen molar-refractivity contribution in [3.8, 4) is 11.5 Å². The van der Waals surface area contributed by atoms with Gasteiger partial charge < -0.3 is 14.8 Å². The third kappa shape index (κ3) is 3.64. The lowest BCUT2D eigenvalue weighted by Crippen LogP contribution is -2.44. The van der Waals surface area contributed by atoms with Crippen molar-refractivity contribution in [1.82, 2.24) is 4.31 Å². The number of benzene rings is 1. The number of rotatable bonds is 4. The van der Waals surface area contributed by atoms with Crippen LogP contribution in [0.2, 0.25) is 0 Å². The molecule has 0 radical (unpaired) electrons. The van der Waals surface area contributed by atoms with Crippen LogP contribution in [0.5, 0.6) is 11.5 Å². The molecule has 132 valence electrons. The molecule has 0 saturated carbocycles. The van der Waals surface area contributed by atoms with E-state index in [0.717, 1.165) is 0 Å². The van der Waals surface area contributed by atoms with Gasteiger partial charge >= 0.3 is 0 Å². The Balaban J connectivity index is 1.66. The number of carbonyl (C=O) groups excluding carboxylic acids is 1. The number of piperidine rings is 1. The first kappa shape index (κ1) is 17.0. The molecular weight excluding hydrogens is 332 g/mol. The van der Waals surface area contributed by atoms with Crippen molar-refractivity contribution in [1.29, 1.82) is 0 Å². The smallest absolute Gasteiger partial charge is 0.228 e. The van der Waals surface area contributed by atoms with Crippen LogP contribution in [-0.2, 0) is 14.8 Å². The number of hydrogen-bond donors (Lipinski definition) is 1. The van der Waals surface area contributed by atoms with Gasteiger partial charge in [0.05, 0.1) is 11.7 Å². The maximum atomic E-state index is 12.5. The zero-order valence-corrected chi connectivity index (χ0v) is 14.5. The standard InChI is InChI=1S/C16H22N2O5S/c1-2-24(20,21)18-7-3-4-12(11-18)16(19)17-13-5-6-14-15(10-13)23-9-8-22-14/h5-6,10,12H,2-4,7-9,11H2,1H3,(H,17,19). The van der Waals surface area contributed by atoms with E-state index in [4.69, 9.17) is 9.47 Å². The minimum atomic E-state index is -3.26. The Labute approximate surface area is 142 Å². The van der Waals surface area contributed by atoms with Crippen molar-refractivity contribution in [2.75, 3.05) is 37.4 Å². The van der Waals surface area contributed by atoms with E-state index < -0.39 is 10.0 Å². The lowest BCUT2D eigenvalue weighted by atomic mass is 9.98. The molecule has 1 aromatic carbocycles. The van der Waals surface area contributed by atoms with Gasteiger partial charge in [-0.3, -0.25) is 4.79 Å². The van der Waals surface area contributed by atoms with Gasteiger partial charge in [-0.05, 0) is 31.9 Å². The summed E-state index contributed by atoms with van der Waals surface area (Å²) >= 11 is 0. The van der Waals surface area contributed by atoms with E-state index in [0.29, 0.717) is 49.8 Å². The third-order valence-electron chi connectivity index (χ3n) is 4.32. The van der Waals surface area contributed by atoms with Crippen LogP contribution in [0.1, 0.15) is 19.8 Å². The number of anilines is 1. The molecule has 2 aliphatic rings. The monoisotopic (exact) mass is 354 g/mol. The van der Waals surface area contributed by atoms with Gasteiger partial charge in [0, 0.05) is 24.8 Å². The molecule has 1 aromatic rings. The Morgan fingerprint density at radius 1 is 1.29 bits per heavy atom. The van der Waals surface area contributed by atoms with Gasteiger partial charge in [-0.1, -0.05) is 0 Å². The number of amides is 1. The van der Waals surface area contributed by atoms with Gasteiger partial charge in [0.2, 0.25) is 15.9 Å². The zero-order chi connectivity index (χ0) is 17.2. The second-order valence-electron chi connectivity index (χ2n) is 5.95. The molecule has 1 unspecified atom stereocenters. The fourth-order valence-corrected chi connectivity index (χ4v) is 4.14. The van der Waals surface area contributed by atoms with Gasteiger partial charge in [-0.15, -0.1) is 0 Å². The SMILES string of the molecule is CCS(=O)(=O)N1CCCC(C(=O)Nc2ccc3c(c2)OCCO3)C1. The van der Waals surface area contributed by atoms with Crippen LogP contribution in [0.15, 0.2) is 18.2 Å². The largest absolute Gasteiger partial charge is 0.486 e. The predicted molar refractivity (Wildman–Crippen MR) is 89.8 cm³/mol. The first-order chi connectivity index (χ1) is 11.5. The van der Waals surface area contributed by atoms with Crippen molar-refractivity contribution in [3.05, 3.63) is 18.2 Å². The van der Waals surface area contributed by atoms with E-state index in [9.17, 15) is 13.2 Å². The summed E-state index contributed by atoms with van der Waals surface area (Å²) in [7, 11) is -3.26. The molecule has 3 rings (SSSR count). The van der Waals surface area contributed by atoms with E-state index in [1.165, 1.54) is 4.31 Å². The lowest BCUT2D eigenvalue weighted by molar-refractivity contribution is -0.120. The highest BCUT2D eigenvalue weighted by Crippen LogP contribution is 2.33. The molecule has 1 amide bonds. The first-order valence-corrected chi connectivity index (χ1v) is 9.79. The number of ether oxygens (including phenoxy) is 2. The molecule has 0 aromatic heterocycles. The van der Waals surface area contributed by atoms with E-state index in [2.05, 4.69) is 5.32 Å². The summed E-state index contributed by atoms with van der Waals surface area (Å²) in [6, 6.07) is 5.25. The van der Waals surface area contributed by atoms with Crippen LogP contribution in [0.4, 0.5) is 5.69 Å². The highest BCUT2D eigenvalue weighted by Gasteiger charge is 2.31. The molecule has 8 heteroatoms. The van der Waals surface area contributed by atoms with Crippen LogP contribution in [0.3, 0.4) is 0 Å². The van der Waals surface area contributed by atoms with E-state index in [1.54, 1.807) is 25.1 Å². The van der Waals surface area contributed by atoms with Crippen LogP contribution >= 0.6 is 0 Å². The van der Waals surface area contributed by atoms with Crippen LogP contribution in [-0.4, -0.2) is 50.7 Å². The molecule has 1 atom stereocenters. The molecule has 2 heterocycles. The summed E-state index contributed by atoms with van der Waals surface area (Å²) in [4.78, 5) is 12.5. The number of fused-ring (bicyclic) bond motifs is 1. The minimum Gasteiger partial charge on any atom is -0.486 e. The Kier molecular flexibility index (Phi) is 4.96. The molecule has 7 nitrogen and oxygen atoms in total. The van der Waals surface area contributed by atoms with Crippen LogP contribution < -0.4 is 14.8 Å². The molecule has 1 N–H and O–H groups in total. The Bertz CT molecular complexity index is 719. The molecule has 1 saturated heterocycles. The quantitative estimate of drug-likeness (QED) is 0.885. The van der Waals surface area contributed by atoms with E-state index >= 15 is 0 Å². The third-order valence-corrected chi connectivity index (χ3v) is 6.17. The fraction of sp³-hybridized carbons (Fsp3) is 0.562. The van der Waals surface area contributed by atoms with Crippen LogP contribution in [0, 0.1) is 5.92 Å². The van der Waals surface area contributed by atoms with Gasteiger partial charge in [0.1, 0.15) is 13.2 Å². The second kappa shape index (κ2) is 6.98. The maximum absolute atomic E-state index is 12.5. The minimum absolute atomic E-state index is 0.0590. The highest BCUT2D eigenvalue weighted by molar-refractivity contribution is 7.89. The average Bonchev–Trinajstić information content (AvgIpc) is 2.61. The van der Waals surface area contributed by atoms with Crippen molar-refractivity contribution in [2.45, 2.75) is 19.8 Å². The van der Waals surface area contributed by atoms with Crippen molar-refractivity contribution in [3.63, 3.8) is 0 Å². The van der Waals surface area contributed by atoms with E-state index in [-0.39, 0.29) is 24.1 Å². The second-order valence-corrected chi connectivity index (χ2v) is 8.20. The summed E-state index contributed by atoms with van der Waals surface area (Å²) in [6.07, 6.45) is 1.38. The molecule has 0 spiro atoms. The Hall–Kier alpha value is -1.80. The summed E-state index contributed by atoms with van der Waals surface area (Å²) < 4.78 is 36.4. The number of sulfonamides is 1. The molecule has 2 aliphatic heterocycles. The van der Waals surface area contributed by atoms with E-state index in [1.807, 2.05) is 0 Å². The fourth-order valence-electron chi connectivity index (χ4n) is 2.96. The van der Waals surface area contributed by atoms with Gasteiger partial charge in [0.25, 0.3) is 0 Å². The molecule has 0 bridgehead atoms. The number of nitrogens with zero attached hydrogens (tertiary/aromatic N) is 1. The van der Waals surface area contributed by atoms with Gasteiger partial charge in [-0.25, -0.2) is 12.7 Å². The lowest BCUT2D eigenvalue weighted by Gasteiger charge is -2.31. The zero-order valence-electron chi connectivity index (χ0n) is 13.7.